The third-order valence-electron chi connectivity index (χ3n) is 4.77. The summed E-state index contributed by atoms with van der Waals surface area (Å²) in [5, 5.41) is 3.43. The number of nitrogens with zero attached hydrogens (tertiary/aromatic N) is 2. The molecule has 1 N–H and O–H groups in total. The molecule has 0 amide bonds. The summed E-state index contributed by atoms with van der Waals surface area (Å²) in [6.07, 6.45) is 2.30. The van der Waals surface area contributed by atoms with Crippen LogP contribution in [0.25, 0.3) is 0 Å². The second-order valence-corrected chi connectivity index (χ2v) is 7.32. The lowest BCUT2D eigenvalue weighted by Crippen LogP contribution is -2.36. The molecule has 1 heterocycles. The van der Waals surface area contributed by atoms with Crippen molar-refractivity contribution in [2.45, 2.75) is 38.6 Å². The minimum atomic E-state index is 0.318. The summed E-state index contributed by atoms with van der Waals surface area (Å²) in [6.45, 7) is 3.66. The zero-order chi connectivity index (χ0) is 19.6. The Kier molecular flexibility index (Phi) is 7.88. The number of ether oxygens (including phenoxy) is 2. The molecular formula is C23H31N3O2. The van der Waals surface area contributed by atoms with E-state index < -0.39 is 0 Å². The number of benzene rings is 2. The van der Waals surface area contributed by atoms with Crippen molar-refractivity contribution < 1.29 is 9.47 Å². The van der Waals surface area contributed by atoms with Crippen LogP contribution in [0.5, 0.6) is 0 Å². The molecule has 0 radical (unpaired) electrons. The van der Waals surface area contributed by atoms with Crippen LogP contribution in [-0.2, 0) is 29.2 Å². The molecule has 1 aliphatic heterocycles. The van der Waals surface area contributed by atoms with Gasteiger partial charge in [0.25, 0.3) is 0 Å². The monoisotopic (exact) mass is 381 g/mol. The van der Waals surface area contributed by atoms with Gasteiger partial charge in [0, 0.05) is 33.9 Å². The molecule has 28 heavy (non-hydrogen) atoms. The molecule has 1 saturated heterocycles. The molecule has 3 rings (SSSR count). The van der Waals surface area contributed by atoms with Crippen LogP contribution in [0.1, 0.15) is 29.5 Å². The van der Waals surface area contributed by atoms with E-state index in [-0.39, 0.29) is 0 Å². The van der Waals surface area contributed by atoms with Gasteiger partial charge in [-0.05, 0) is 29.5 Å². The van der Waals surface area contributed by atoms with Gasteiger partial charge in [-0.2, -0.15) is 0 Å². The van der Waals surface area contributed by atoms with E-state index in [2.05, 4.69) is 53.8 Å². The maximum Gasteiger partial charge on any atom is 0.194 e. The Labute approximate surface area is 168 Å². The third-order valence-corrected chi connectivity index (χ3v) is 4.77. The molecule has 0 bridgehead atoms. The summed E-state index contributed by atoms with van der Waals surface area (Å²) < 4.78 is 11.4. The summed E-state index contributed by atoms with van der Waals surface area (Å²) in [5.41, 5.74) is 3.63. The molecule has 0 unspecified atom stereocenters. The van der Waals surface area contributed by atoms with Crippen LogP contribution >= 0.6 is 0 Å². The standard InChI is InChI=1S/C23H31N3O2/c1-26(2)23(24-16-19-7-4-3-5-8-19)25-17-20-9-6-10-21(15-20)18-28-22-11-13-27-14-12-22/h3-10,15,22H,11-14,16-18H2,1-2H3,(H,24,25). The van der Waals surface area contributed by atoms with Crippen molar-refractivity contribution >= 4 is 5.96 Å². The van der Waals surface area contributed by atoms with Crippen LogP contribution in [0.4, 0.5) is 0 Å². The largest absolute Gasteiger partial charge is 0.381 e. The lowest BCUT2D eigenvalue weighted by molar-refractivity contribution is -0.0390. The SMILES string of the molecule is CN(C)C(=NCc1cccc(COC2CCOCC2)c1)NCc1ccccc1. The number of guanidine groups is 1. The molecule has 1 aliphatic rings. The molecule has 0 aliphatic carbocycles. The van der Waals surface area contributed by atoms with Crippen molar-refractivity contribution in [2.24, 2.45) is 4.99 Å². The van der Waals surface area contributed by atoms with Gasteiger partial charge < -0.3 is 19.7 Å². The first kappa shape index (κ1) is 20.4. The third kappa shape index (κ3) is 6.66. The van der Waals surface area contributed by atoms with E-state index in [4.69, 9.17) is 14.5 Å². The zero-order valence-corrected chi connectivity index (χ0v) is 16.9. The minimum Gasteiger partial charge on any atom is -0.381 e. The van der Waals surface area contributed by atoms with Gasteiger partial charge in [-0.15, -0.1) is 0 Å². The summed E-state index contributed by atoms with van der Waals surface area (Å²) >= 11 is 0. The Morgan fingerprint density at radius 2 is 1.75 bits per heavy atom. The van der Waals surface area contributed by atoms with Crippen LogP contribution < -0.4 is 5.32 Å². The van der Waals surface area contributed by atoms with Crippen molar-refractivity contribution in [1.29, 1.82) is 0 Å². The molecule has 150 valence electrons. The molecule has 2 aromatic carbocycles. The summed E-state index contributed by atoms with van der Waals surface area (Å²) in [4.78, 5) is 6.79. The van der Waals surface area contributed by atoms with Crippen molar-refractivity contribution in [1.82, 2.24) is 10.2 Å². The number of rotatable bonds is 7. The van der Waals surface area contributed by atoms with Gasteiger partial charge in [0.2, 0.25) is 0 Å². The zero-order valence-electron chi connectivity index (χ0n) is 16.9. The predicted molar refractivity (Wildman–Crippen MR) is 113 cm³/mol. The maximum absolute atomic E-state index is 6.04. The average molecular weight is 382 g/mol. The lowest BCUT2D eigenvalue weighted by Gasteiger charge is -2.22. The van der Waals surface area contributed by atoms with Crippen molar-refractivity contribution in [3.63, 3.8) is 0 Å². The van der Waals surface area contributed by atoms with Gasteiger partial charge in [-0.25, -0.2) is 4.99 Å². The van der Waals surface area contributed by atoms with E-state index in [1.165, 1.54) is 16.7 Å². The fraction of sp³-hybridized carbons (Fsp3) is 0.435. The normalized spacial score (nSPS) is 15.4. The van der Waals surface area contributed by atoms with Gasteiger partial charge in [0.05, 0.1) is 19.3 Å². The first-order valence-corrected chi connectivity index (χ1v) is 9.97. The van der Waals surface area contributed by atoms with Gasteiger partial charge in [-0.3, -0.25) is 0 Å². The Bertz CT molecular complexity index is 741. The van der Waals surface area contributed by atoms with E-state index in [9.17, 15) is 0 Å². The van der Waals surface area contributed by atoms with Crippen molar-refractivity contribution in [3.05, 3.63) is 71.3 Å². The molecule has 2 aromatic rings. The van der Waals surface area contributed by atoms with Crippen molar-refractivity contribution in [3.8, 4) is 0 Å². The van der Waals surface area contributed by atoms with Gasteiger partial charge in [0.15, 0.2) is 5.96 Å². The predicted octanol–water partition coefficient (Wildman–Crippen LogP) is 3.59. The van der Waals surface area contributed by atoms with E-state index >= 15 is 0 Å². The topological polar surface area (TPSA) is 46.1 Å². The Balaban J connectivity index is 1.54. The van der Waals surface area contributed by atoms with Crippen LogP contribution in [0.15, 0.2) is 59.6 Å². The average Bonchev–Trinajstić information content (AvgIpc) is 2.74. The van der Waals surface area contributed by atoms with E-state index in [0.717, 1.165) is 38.6 Å². The molecule has 5 heteroatoms. The van der Waals surface area contributed by atoms with Gasteiger partial charge in [0.1, 0.15) is 0 Å². The molecule has 0 atom stereocenters. The van der Waals surface area contributed by atoms with Crippen molar-refractivity contribution in [2.75, 3.05) is 27.3 Å². The highest BCUT2D eigenvalue weighted by Gasteiger charge is 2.14. The van der Waals surface area contributed by atoms with Gasteiger partial charge >= 0.3 is 0 Å². The number of aliphatic imine (C=N–C) groups is 1. The van der Waals surface area contributed by atoms with Crippen LogP contribution in [0, 0.1) is 0 Å². The highest BCUT2D eigenvalue weighted by atomic mass is 16.5. The van der Waals surface area contributed by atoms with Crippen LogP contribution in [0.2, 0.25) is 0 Å². The van der Waals surface area contributed by atoms with Crippen LogP contribution in [-0.4, -0.2) is 44.3 Å². The Morgan fingerprint density at radius 1 is 1.04 bits per heavy atom. The molecule has 5 nitrogen and oxygen atoms in total. The van der Waals surface area contributed by atoms with E-state index in [0.29, 0.717) is 19.3 Å². The smallest absolute Gasteiger partial charge is 0.194 e. The maximum atomic E-state index is 6.04. The highest BCUT2D eigenvalue weighted by molar-refractivity contribution is 5.79. The first-order chi connectivity index (χ1) is 13.7. The highest BCUT2D eigenvalue weighted by Crippen LogP contribution is 2.14. The summed E-state index contributed by atoms with van der Waals surface area (Å²) in [7, 11) is 4.02. The number of hydrogen-bond acceptors (Lipinski definition) is 3. The minimum absolute atomic E-state index is 0.318. The molecule has 0 saturated carbocycles. The molecule has 1 fully saturated rings. The van der Waals surface area contributed by atoms with Gasteiger partial charge in [-0.1, -0.05) is 54.6 Å². The first-order valence-electron chi connectivity index (χ1n) is 9.97. The molecular weight excluding hydrogens is 350 g/mol. The number of hydrogen-bond donors (Lipinski definition) is 1. The fourth-order valence-corrected chi connectivity index (χ4v) is 3.17. The second-order valence-electron chi connectivity index (χ2n) is 7.32. The molecule has 0 aromatic heterocycles. The lowest BCUT2D eigenvalue weighted by atomic mass is 10.1. The molecule has 0 spiro atoms. The van der Waals surface area contributed by atoms with Crippen LogP contribution in [0.3, 0.4) is 0 Å². The summed E-state index contributed by atoms with van der Waals surface area (Å²) in [6, 6.07) is 18.9. The Morgan fingerprint density at radius 3 is 2.50 bits per heavy atom. The fourth-order valence-electron chi connectivity index (χ4n) is 3.17. The number of nitrogens with one attached hydrogen (secondary N) is 1. The summed E-state index contributed by atoms with van der Waals surface area (Å²) in [5.74, 6) is 0.882. The Hall–Kier alpha value is -2.37. The quantitative estimate of drug-likeness (QED) is 0.588. The second kappa shape index (κ2) is 10.8. The van der Waals surface area contributed by atoms with E-state index in [1.807, 2.05) is 25.1 Å². The van der Waals surface area contributed by atoms with E-state index in [1.54, 1.807) is 0 Å².